The standard InChI is InChI=1S/C19H24O/c1-2-8-15-11-12-18(17-10-5-4-9-16(15)17)19(20)13-6-3-7-14-19/h4-5,9-12,20H,2-3,6-8,13-14H2,1H3. The van der Waals surface area contributed by atoms with Crippen LogP contribution in [-0.2, 0) is 12.0 Å². The van der Waals surface area contributed by atoms with E-state index in [9.17, 15) is 5.11 Å². The Labute approximate surface area is 121 Å². The Balaban J connectivity index is 2.14. The number of aryl methyl sites for hydroxylation is 1. The molecule has 0 atom stereocenters. The van der Waals surface area contributed by atoms with E-state index in [1.807, 2.05) is 0 Å². The van der Waals surface area contributed by atoms with E-state index in [2.05, 4.69) is 43.3 Å². The van der Waals surface area contributed by atoms with Crippen molar-refractivity contribution in [3.8, 4) is 0 Å². The molecule has 1 nitrogen and oxygen atoms in total. The Kier molecular flexibility index (Phi) is 3.80. The predicted octanol–water partition coefficient (Wildman–Crippen LogP) is 4.94. The van der Waals surface area contributed by atoms with Gasteiger partial charge in [0, 0.05) is 0 Å². The first-order valence-electron chi connectivity index (χ1n) is 7.98. The molecule has 0 radical (unpaired) electrons. The Morgan fingerprint density at radius 1 is 0.950 bits per heavy atom. The normalized spacial score (nSPS) is 18.3. The lowest BCUT2D eigenvalue weighted by Gasteiger charge is -2.33. The summed E-state index contributed by atoms with van der Waals surface area (Å²) in [4.78, 5) is 0. The second-order valence-corrected chi connectivity index (χ2v) is 6.16. The number of fused-ring (bicyclic) bond motifs is 1. The summed E-state index contributed by atoms with van der Waals surface area (Å²) in [5, 5.41) is 13.6. The van der Waals surface area contributed by atoms with Gasteiger partial charge in [-0.15, -0.1) is 0 Å². The maximum Gasteiger partial charge on any atom is 0.0902 e. The van der Waals surface area contributed by atoms with Crippen LogP contribution in [0.25, 0.3) is 10.8 Å². The van der Waals surface area contributed by atoms with Crippen LogP contribution >= 0.6 is 0 Å². The van der Waals surface area contributed by atoms with E-state index in [1.165, 1.54) is 22.8 Å². The summed E-state index contributed by atoms with van der Waals surface area (Å²) in [5.41, 5.74) is 1.95. The van der Waals surface area contributed by atoms with Gasteiger partial charge in [-0.05, 0) is 41.2 Å². The number of rotatable bonds is 3. The SMILES string of the molecule is CCCc1ccc(C2(O)CCCCC2)c2ccccc12. The molecule has 0 amide bonds. The van der Waals surface area contributed by atoms with E-state index in [0.717, 1.165) is 44.1 Å². The fourth-order valence-electron chi connectivity index (χ4n) is 3.66. The van der Waals surface area contributed by atoms with Crippen molar-refractivity contribution in [2.24, 2.45) is 0 Å². The number of hydrogen-bond donors (Lipinski definition) is 1. The van der Waals surface area contributed by atoms with Crippen LogP contribution in [0.3, 0.4) is 0 Å². The molecule has 0 bridgehead atoms. The van der Waals surface area contributed by atoms with Crippen molar-refractivity contribution in [3.05, 3.63) is 47.5 Å². The Morgan fingerprint density at radius 2 is 1.65 bits per heavy atom. The van der Waals surface area contributed by atoms with Gasteiger partial charge in [0.15, 0.2) is 0 Å². The smallest absolute Gasteiger partial charge is 0.0902 e. The van der Waals surface area contributed by atoms with Gasteiger partial charge in [0.25, 0.3) is 0 Å². The maximum absolute atomic E-state index is 11.1. The average Bonchev–Trinajstić information content (AvgIpc) is 2.48. The summed E-state index contributed by atoms with van der Waals surface area (Å²) >= 11 is 0. The number of aliphatic hydroxyl groups is 1. The maximum atomic E-state index is 11.1. The molecular weight excluding hydrogens is 244 g/mol. The quantitative estimate of drug-likeness (QED) is 0.835. The first kappa shape index (κ1) is 13.6. The van der Waals surface area contributed by atoms with Crippen LogP contribution in [0.1, 0.15) is 56.6 Å². The Morgan fingerprint density at radius 3 is 2.35 bits per heavy atom. The first-order chi connectivity index (χ1) is 9.74. The van der Waals surface area contributed by atoms with Gasteiger partial charge in [0.1, 0.15) is 0 Å². The molecule has 0 spiro atoms. The van der Waals surface area contributed by atoms with Crippen molar-refractivity contribution < 1.29 is 5.11 Å². The predicted molar refractivity (Wildman–Crippen MR) is 84.9 cm³/mol. The molecule has 3 rings (SSSR count). The molecule has 0 heterocycles. The van der Waals surface area contributed by atoms with Gasteiger partial charge in [0.2, 0.25) is 0 Å². The van der Waals surface area contributed by atoms with E-state index < -0.39 is 5.60 Å². The zero-order valence-corrected chi connectivity index (χ0v) is 12.4. The summed E-state index contributed by atoms with van der Waals surface area (Å²) in [6.07, 6.45) is 7.62. The second kappa shape index (κ2) is 5.57. The van der Waals surface area contributed by atoms with E-state index in [1.54, 1.807) is 0 Å². The zero-order valence-electron chi connectivity index (χ0n) is 12.4. The minimum absolute atomic E-state index is 0.609. The monoisotopic (exact) mass is 268 g/mol. The Hall–Kier alpha value is -1.34. The zero-order chi connectivity index (χ0) is 14.0. The van der Waals surface area contributed by atoms with Gasteiger partial charge < -0.3 is 5.11 Å². The molecule has 20 heavy (non-hydrogen) atoms. The lowest BCUT2D eigenvalue weighted by Crippen LogP contribution is -2.28. The van der Waals surface area contributed by atoms with Crippen LogP contribution in [0.2, 0.25) is 0 Å². The average molecular weight is 268 g/mol. The molecule has 2 aromatic rings. The topological polar surface area (TPSA) is 20.2 Å². The molecule has 1 heteroatoms. The van der Waals surface area contributed by atoms with Gasteiger partial charge in [-0.2, -0.15) is 0 Å². The lowest BCUT2D eigenvalue weighted by atomic mass is 9.77. The molecule has 1 N–H and O–H groups in total. The summed E-state index contributed by atoms with van der Waals surface area (Å²) < 4.78 is 0. The molecule has 0 saturated heterocycles. The minimum atomic E-state index is -0.609. The summed E-state index contributed by atoms with van der Waals surface area (Å²) in [7, 11) is 0. The van der Waals surface area contributed by atoms with Crippen molar-refractivity contribution in [2.45, 2.75) is 57.5 Å². The van der Waals surface area contributed by atoms with Crippen molar-refractivity contribution in [1.82, 2.24) is 0 Å². The fourth-order valence-corrected chi connectivity index (χ4v) is 3.66. The second-order valence-electron chi connectivity index (χ2n) is 6.16. The van der Waals surface area contributed by atoms with Crippen LogP contribution in [-0.4, -0.2) is 5.11 Å². The molecule has 0 unspecified atom stereocenters. The van der Waals surface area contributed by atoms with Gasteiger partial charge in [-0.25, -0.2) is 0 Å². The highest BCUT2D eigenvalue weighted by Crippen LogP contribution is 2.40. The first-order valence-corrected chi connectivity index (χ1v) is 7.98. The summed E-state index contributed by atoms with van der Waals surface area (Å²) in [6.45, 7) is 2.22. The molecule has 0 aliphatic heterocycles. The van der Waals surface area contributed by atoms with E-state index in [4.69, 9.17) is 0 Å². The summed E-state index contributed by atoms with van der Waals surface area (Å²) in [5.74, 6) is 0. The van der Waals surface area contributed by atoms with Gasteiger partial charge in [-0.1, -0.05) is 69.0 Å². The van der Waals surface area contributed by atoms with Crippen molar-refractivity contribution >= 4 is 10.8 Å². The highest BCUT2D eigenvalue weighted by atomic mass is 16.3. The lowest BCUT2D eigenvalue weighted by molar-refractivity contribution is 0.000756. The fraction of sp³-hybridized carbons (Fsp3) is 0.474. The summed E-state index contributed by atoms with van der Waals surface area (Å²) in [6, 6.07) is 13.0. The minimum Gasteiger partial charge on any atom is -0.385 e. The third-order valence-corrected chi connectivity index (χ3v) is 4.72. The van der Waals surface area contributed by atoms with Crippen LogP contribution in [0.15, 0.2) is 36.4 Å². The van der Waals surface area contributed by atoms with E-state index in [0.29, 0.717) is 0 Å². The molecule has 1 saturated carbocycles. The van der Waals surface area contributed by atoms with Crippen LogP contribution in [0.4, 0.5) is 0 Å². The van der Waals surface area contributed by atoms with Crippen LogP contribution in [0, 0.1) is 0 Å². The molecule has 2 aromatic carbocycles. The molecule has 1 fully saturated rings. The highest BCUT2D eigenvalue weighted by molar-refractivity contribution is 5.89. The molecule has 1 aliphatic carbocycles. The van der Waals surface area contributed by atoms with E-state index in [-0.39, 0.29) is 0 Å². The van der Waals surface area contributed by atoms with Crippen molar-refractivity contribution in [2.75, 3.05) is 0 Å². The molecular formula is C19H24O. The van der Waals surface area contributed by atoms with Crippen LogP contribution in [0.5, 0.6) is 0 Å². The van der Waals surface area contributed by atoms with Gasteiger partial charge in [0.05, 0.1) is 5.60 Å². The van der Waals surface area contributed by atoms with E-state index >= 15 is 0 Å². The number of hydrogen-bond acceptors (Lipinski definition) is 1. The molecule has 0 aromatic heterocycles. The van der Waals surface area contributed by atoms with Crippen LogP contribution < -0.4 is 0 Å². The molecule has 106 valence electrons. The van der Waals surface area contributed by atoms with Crippen molar-refractivity contribution in [1.29, 1.82) is 0 Å². The third-order valence-electron chi connectivity index (χ3n) is 4.72. The van der Waals surface area contributed by atoms with Gasteiger partial charge >= 0.3 is 0 Å². The largest absolute Gasteiger partial charge is 0.385 e. The molecule has 1 aliphatic rings. The number of benzene rings is 2. The van der Waals surface area contributed by atoms with Crippen molar-refractivity contribution in [3.63, 3.8) is 0 Å². The highest BCUT2D eigenvalue weighted by Gasteiger charge is 2.32. The Bertz CT molecular complexity index is 594. The third kappa shape index (κ3) is 2.35. The van der Waals surface area contributed by atoms with Gasteiger partial charge in [-0.3, -0.25) is 0 Å².